The van der Waals surface area contributed by atoms with E-state index >= 15 is 0 Å². The van der Waals surface area contributed by atoms with Crippen LogP contribution in [-0.2, 0) is 6.54 Å². The van der Waals surface area contributed by atoms with Gasteiger partial charge in [0.1, 0.15) is 0 Å². The average molecular weight is 383 g/mol. The number of nitrogens with one attached hydrogen (secondary N) is 1. The number of nitrogens with zero attached hydrogens (tertiary/aromatic N) is 3. The molecular formula is C23H34N4O. The lowest BCUT2D eigenvalue weighted by atomic mass is 9.86. The van der Waals surface area contributed by atoms with E-state index in [2.05, 4.69) is 33.3 Å². The highest BCUT2D eigenvalue weighted by atomic mass is 16.2. The van der Waals surface area contributed by atoms with Crippen molar-refractivity contribution in [3.8, 4) is 6.07 Å². The standard InChI is InChI=1S/C23H34N4O/c1-18(2)25-23(28)27-13-5-3-4-6-22(27)21-11-14-26(15-12-21)17-20-9-7-19(16-24)8-10-20/h7-10,18,21-22H,3-6,11-15,17H2,1-2H3,(H,25,28)/t22-/m1/s1. The Hall–Kier alpha value is -2.06. The van der Waals surface area contributed by atoms with E-state index in [4.69, 9.17) is 5.26 Å². The third-order valence-corrected chi connectivity index (χ3v) is 6.14. The van der Waals surface area contributed by atoms with Crippen LogP contribution in [0.3, 0.4) is 0 Å². The van der Waals surface area contributed by atoms with E-state index < -0.39 is 0 Å². The first-order valence-electron chi connectivity index (χ1n) is 10.9. The van der Waals surface area contributed by atoms with Crippen LogP contribution in [0.2, 0.25) is 0 Å². The second-order valence-electron chi connectivity index (χ2n) is 8.64. The van der Waals surface area contributed by atoms with Crippen molar-refractivity contribution >= 4 is 6.03 Å². The summed E-state index contributed by atoms with van der Waals surface area (Å²) in [4.78, 5) is 17.4. The van der Waals surface area contributed by atoms with Gasteiger partial charge in [-0.2, -0.15) is 5.26 Å². The number of likely N-dealkylation sites (tertiary alicyclic amines) is 2. The van der Waals surface area contributed by atoms with Gasteiger partial charge in [-0.25, -0.2) is 4.79 Å². The molecule has 2 fully saturated rings. The Balaban J connectivity index is 1.56. The van der Waals surface area contributed by atoms with Crippen LogP contribution in [0.5, 0.6) is 0 Å². The molecule has 2 aliphatic rings. The van der Waals surface area contributed by atoms with Gasteiger partial charge in [0.15, 0.2) is 0 Å². The summed E-state index contributed by atoms with van der Waals surface area (Å²) in [6, 6.07) is 10.8. The van der Waals surface area contributed by atoms with Crippen LogP contribution in [0.4, 0.5) is 4.79 Å². The largest absolute Gasteiger partial charge is 0.336 e. The Morgan fingerprint density at radius 3 is 2.46 bits per heavy atom. The number of carbonyl (C=O) groups excluding carboxylic acids is 1. The maximum Gasteiger partial charge on any atom is 0.317 e. The van der Waals surface area contributed by atoms with Gasteiger partial charge in [-0.15, -0.1) is 0 Å². The molecule has 0 spiro atoms. The van der Waals surface area contributed by atoms with E-state index in [-0.39, 0.29) is 12.1 Å². The van der Waals surface area contributed by atoms with Crippen molar-refractivity contribution in [2.45, 2.75) is 71.0 Å². The number of carbonyl (C=O) groups is 1. The summed E-state index contributed by atoms with van der Waals surface area (Å²) in [5.41, 5.74) is 1.99. The molecule has 1 aromatic rings. The summed E-state index contributed by atoms with van der Waals surface area (Å²) < 4.78 is 0. The normalized spacial score (nSPS) is 21.9. The molecule has 0 bridgehead atoms. The van der Waals surface area contributed by atoms with Crippen molar-refractivity contribution in [3.05, 3.63) is 35.4 Å². The highest BCUT2D eigenvalue weighted by molar-refractivity contribution is 5.74. The number of urea groups is 1. The average Bonchev–Trinajstić information content (AvgIpc) is 2.95. The van der Waals surface area contributed by atoms with Gasteiger partial charge in [0.2, 0.25) is 0 Å². The van der Waals surface area contributed by atoms with E-state index in [1.165, 1.54) is 18.4 Å². The second kappa shape index (κ2) is 9.93. The Kier molecular flexibility index (Phi) is 7.33. The smallest absolute Gasteiger partial charge is 0.317 e. The van der Waals surface area contributed by atoms with Crippen LogP contribution in [-0.4, -0.2) is 47.5 Å². The first-order valence-corrected chi connectivity index (χ1v) is 10.9. The number of nitriles is 1. The van der Waals surface area contributed by atoms with Gasteiger partial charge in [-0.3, -0.25) is 4.90 Å². The van der Waals surface area contributed by atoms with E-state index in [0.29, 0.717) is 12.0 Å². The van der Waals surface area contributed by atoms with Crippen LogP contribution in [0, 0.1) is 17.2 Å². The molecule has 0 aromatic heterocycles. The van der Waals surface area contributed by atoms with E-state index in [1.807, 2.05) is 26.0 Å². The first-order chi connectivity index (χ1) is 13.6. The molecule has 3 rings (SSSR count). The van der Waals surface area contributed by atoms with E-state index in [1.54, 1.807) is 0 Å². The third-order valence-electron chi connectivity index (χ3n) is 6.14. The number of amides is 2. The molecule has 0 unspecified atom stereocenters. The molecule has 2 aliphatic heterocycles. The zero-order valence-corrected chi connectivity index (χ0v) is 17.4. The van der Waals surface area contributed by atoms with Crippen LogP contribution in [0.25, 0.3) is 0 Å². The predicted molar refractivity (Wildman–Crippen MR) is 112 cm³/mol. The molecule has 152 valence electrons. The molecule has 2 saturated heterocycles. The van der Waals surface area contributed by atoms with Crippen LogP contribution < -0.4 is 5.32 Å². The highest BCUT2D eigenvalue weighted by Gasteiger charge is 2.34. The quantitative estimate of drug-likeness (QED) is 0.852. The van der Waals surface area contributed by atoms with Gasteiger partial charge in [0, 0.05) is 25.2 Å². The Morgan fingerprint density at radius 1 is 1.11 bits per heavy atom. The van der Waals surface area contributed by atoms with Crippen LogP contribution >= 0.6 is 0 Å². The fourth-order valence-electron chi connectivity index (χ4n) is 4.64. The minimum Gasteiger partial charge on any atom is -0.336 e. The topological polar surface area (TPSA) is 59.4 Å². The summed E-state index contributed by atoms with van der Waals surface area (Å²) in [6.07, 6.45) is 7.06. The molecule has 1 atom stereocenters. The fourth-order valence-corrected chi connectivity index (χ4v) is 4.64. The highest BCUT2D eigenvalue weighted by Crippen LogP contribution is 2.30. The Labute approximate surface area is 169 Å². The third kappa shape index (κ3) is 5.48. The molecule has 0 radical (unpaired) electrons. The molecule has 0 saturated carbocycles. The molecule has 1 N–H and O–H groups in total. The number of rotatable bonds is 4. The van der Waals surface area contributed by atoms with Gasteiger partial charge in [-0.05, 0) is 76.2 Å². The first kappa shape index (κ1) is 20.7. The van der Waals surface area contributed by atoms with E-state index in [9.17, 15) is 4.79 Å². The zero-order valence-electron chi connectivity index (χ0n) is 17.4. The Bertz CT molecular complexity index is 671. The monoisotopic (exact) mass is 382 g/mol. The number of hydrogen-bond acceptors (Lipinski definition) is 3. The maximum atomic E-state index is 12.8. The zero-order chi connectivity index (χ0) is 19.9. The van der Waals surface area contributed by atoms with Crippen LogP contribution in [0.1, 0.15) is 63.5 Å². The summed E-state index contributed by atoms with van der Waals surface area (Å²) in [7, 11) is 0. The van der Waals surface area contributed by atoms with Gasteiger partial charge >= 0.3 is 6.03 Å². The molecule has 5 nitrogen and oxygen atoms in total. The number of piperidine rings is 1. The second-order valence-corrected chi connectivity index (χ2v) is 8.64. The van der Waals surface area contributed by atoms with Crippen molar-refractivity contribution in [1.29, 1.82) is 5.26 Å². The lowest BCUT2D eigenvalue weighted by molar-refractivity contribution is 0.0974. The predicted octanol–water partition coefficient (Wildman–Crippen LogP) is 4.13. The van der Waals surface area contributed by atoms with Gasteiger partial charge in [0.05, 0.1) is 11.6 Å². The number of hydrogen-bond donors (Lipinski definition) is 1. The SMILES string of the molecule is CC(C)NC(=O)N1CCCCC[C@@H]1C1CCN(Cc2ccc(C#N)cc2)CC1. The number of benzene rings is 1. The minimum absolute atomic E-state index is 0.127. The molecule has 2 heterocycles. The van der Waals surface area contributed by atoms with Crippen molar-refractivity contribution in [2.75, 3.05) is 19.6 Å². The summed E-state index contributed by atoms with van der Waals surface area (Å²) in [5, 5.41) is 12.1. The molecule has 2 amide bonds. The summed E-state index contributed by atoms with van der Waals surface area (Å²) in [6.45, 7) is 8.08. The lowest BCUT2D eigenvalue weighted by Gasteiger charge is -2.41. The van der Waals surface area contributed by atoms with Gasteiger partial charge in [0.25, 0.3) is 0 Å². The van der Waals surface area contributed by atoms with Gasteiger partial charge in [-0.1, -0.05) is 25.0 Å². The van der Waals surface area contributed by atoms with Crippen molar-refractivity contribution in [3.63, 3.8) is 0 Å². The molecule has 1 aromatic carbocycles. The lowest BCUT2D eigenvalue weighted by Crippen LogP contribution is -2.52. The maximum absolute atomic E-state index is 12.8. The van der Waals surface area contributed by atoms with Gasteiger partial charge < -0.3 is 10.2 Å². The summed E-state index contributed by atoms with van der Waals surface area (Å²) in [5.74, 6) is 0.605. The summed E-state index contributed by atoms with van der Waals surface area (Å²) >= 11 is 0. The molecule has 0 aliphatic carbocycles. The van der Waals surface area contributed by atoms with Crippen LogP contribution in [0.15, 0.2) is 24.3 Å². The fraction of sp³-hybridized carbons (Fsp3) is 0.652. The molecule has 5 heteroatoms. The van der Waals surface area contributed by atoms with Crippen molar-refractivity contribution < 1.29 is 4.79 Å². The molecular weight excluding hydrogens is 348 g/mol. The van der Waals surface area contributed by atoms with E-state index in [0.717, 1.165) is 57.4 Å². The Morgan fingerprint density at radius 2 is 1.82 bits per heavy atom. The van der Waals surface area contributed by atoms with Crippen molar-refractivity contribution in [1.82, 2.24) is 15.1 Å². The van der Waals surface area contributed by atoms with Crippen molar-refractivity contribution in [2.24, 2.45) is 5.92 Å². The minimum atomic E-state index is 0.127. The molecule has 28 heavy (non-hydrogen) atoms.